The summed E-state index contributed by atoms with van der Waals surface area (Å²) in [5.41, 5.74) is 5.39. The van der Waals surface area contributed by atoms with Gasteiger partial charge in [0.05, 0.1) is 23.4 Å². The van der Waals surface area contributed by atoms with Crippen molar-refractivity contribution in [3.8, 4) is 5.75 Å². The Bertz CT molecular complexity index is 1970. The lowest BCUT2D eigenvalue weighted by molar-refractivity contribution is 0.402. The lowest BCUT2D eigenvalue weighted by Crippen LogP contribution is -2.38. The van der Waals surface area contributed by atoms with Crippen molar-refractivity contribution in [1.29, 1.82) is 0 Å². The van der Waals surface area contributed by atoms with Crippen molar-refractivity contribution < 1.29 is 9.15 Å². The zero-order valence-electron chi connectivity index (χ0n) is 21.5. The Balaban J connectivity index is 1.36. The molecule has 0 spiro atoms. The van der Waals surface area contributed by atoms with Crippen molar-refractivity contribution in [2.24, 2.45) is 4.99 Å². The highest BCUT2D eigenvalue weighted by atomic mass is 35.5. The minimum Gasteiger partial charge on any atom is -0.496 e. The second kappa shape index (κ2) is 10.3. The lowest BCUT2D eigenvalue weighted by Gasteiger charge is -2.31. The van der Waals surface area contributed by atoms with Gasteiger partial charge in [0.25, 0.3) is 5.56 Å². The molecule has 1 aliphatic carbocycles. The molecule has 1 unspecified atom stereocenters. The fraction of sp³-hybridized carbons (Fsp3) is 0.125. The van der Waals surface area contributed by atoms with Crippen LogP contribution in [0.15, 0.2) is 115 Å². The molecule has 2 aliphatic rings. The van der Waals surface area contributed by atoms with E-state index in [1.165, 1.54) is 28.7 Å². The molecule has 5 nitrogen and oxygen atoms in total. The third-order valence-corrected chi connectivity index (χ3v) is 9.38. The summed E-state index contributed by atoms with van der Waals surface area (Å²) in [6.45, 7) is 0. The molecular formula is C32H23ClN2O3S2. The van der Waals surface area contributed by atoms with Crippen molar-refractivity contribution in [3.05, 3.63) is 138 Å². The van der Waals surface area contributed by atoms with Crippen LogP contribution in [0.2, 0.25) is 5.02 Å². The maximum absolute atomic E-state index is 14.0. The van der Waals surface area contributed by atoms with Crippen LogP contribution in [0.4, 0.5) is 0 Å². The predicted molar refractivity (Wildman–Crippen MR) is 160 cm³/mol. The topological polar surface area (TPSA) is 56.7 Å². The number of ether oxygens (including phenoxy) is 1. The first-order chi connectivity index (χ1) is 19.6. The summed E-state index contributed by atoms with van der Waals surface area (Å²) in [4.78, 5) is 20.8. The molecule has 0 bridgehead atoms. The van der Waals surface area contributed by atoms with E-state index in [4.69, 9.17) is 25.7 Å². The quantitative estimate of drug-likeness (QED) is 0.231. The summed E-state index contributed by atoms with van der Waals surface area (Å²) in [6, 6.07) is 27.5. The van der Waals surface area contributed by atoms with Gasteiger partial charge in [-0.2, -0.15) is 0 Å². The molecule has 2 aromatic heterocycles. The van der Waals surface area contributed by atoms with Crippen LogP contribution in [0.1, 0.15) is 34.9 Å². The number of para-hydroxylation sites is 1. The average molecular weight is 583 g/mol. The Morgan fingerprint density at radius 1 is 1.02 bits per heavy atom. The summed E-state index contributed by atoms with van der Waals surface area (Å²) < 4.78 is 14.2. The van der Waals surface area contributed by atoms with E-state index >= 15 is 0 Å². The van der Waals surface area contributed by atoms with E-state index in [9.17, 15) is 4.79 Å². The van der Waals surface area contributed by atoms with Gasteiger partial charge in [-0.1, -0.05) is 77.2 Å². The molecule has 0 saturated heterocycles. The summed E-state index contributed by atoms with van der Waals surface area (Å²) >= 11 is 8.90. The zero-order valence-corrected chi connectivity index (χ0v) is 23.9. The summed E-state index contributed by atoms with van der Waals surface area (Å²) in [5, 5.41) is 1.43. The van der Waals surface area contributed by atoms with Gasteiger partial charge in [-0.15, -0.1) is 0 Å². The molecule has 198 valence electrons. The number of aromatic nitrogens is 1. The van der Waals surface area contributed by atoms with Crippen molar-refractivity contribution in [2.75, 3.05) is 7.11 Å². The number of benzene rings is 3. The lowest BCUT2D eigenvalue weighted by atomic mass is 9.83. The van der Waals surface area contributed by atoms with Gasteiger partial charge in [-0.25, -0.2) is 4.99 Å². The second-order valence-electron chi connectivity index (χ2n) is 9.57. The molecule has 8 heteroatoms. The minimum atomic E-state index is -0.300. The molecule has 0 fully saturated rings. The molecule has 0 radical (unpaired) electrons. The predicted octanol–water partition coefficient (Wildman–Crippen LogP) is 6.72. The van der Waals surface area contributed by atoms with Crippen LogP contribution in [-0.4, -0.2) is 11.7 Å². The van der Waals surface area contributed by atoms with Crippen molar-refractivity contribution in [3.63, 3.8) is 0 Å². The van der Waals surface area contributed by atoms with E-state index in [2.05, 4.69) is 18.2 Å². The Hall–Kier alpha value is -3.78. The second-order valence-corrected chi connectivity index (χ2v) is 12.1. The molecule has 5 aromatic rings. The number of fused-ring (bicyclic) bond motifs is 3. The number of aryl methyl sites for hydroxylation is 1. The van der Waals surface area contributed by atoms with Crippen LogP contribution in [0.3, 0.4) is 0 Å². The number of rotatable bonds is 5. The van der Waals surface area contributed by atoms with E-state index in [1.54, 1.807) is 7.11 Å². The van der Waals surface area contributed by atoms with Crippen molar-refractivity contribution in [1.82, 2.24) is 4.57 Å². The van der Waals surface area contributed by atoms with E-state index in [1.807, 2.05) is 77.4 Å². The van der Waals surface area contributed by atoms with Gasteiger partial charge >= 0.3 is 0 Å². The number of hydrogen-bond acceptors (Lipinski definition) is 6. The fourth-order valence-electron chi connectivity index (χ4n) is 5.41. The summed E-state index contributed by atoms with van der Waals surface area (Å²) in [5.74, 6) is 1.37. The van der Waals surface area contributed by atoms with E-state index < -0.39 is 0 Å². The molecular weight excluding hydrogens is 560 g/mol. The van der Waals surface area contributed by atoms with Crippen LogP contribution in [0, 0.1) is 0 Å². The van der Waals surface area contributed by atoms with E-state index in [0.717, 1.165) is 51.0 Å². The number of nitrogens with zero attached hydrogens (tertiary/aromatic N) is 2. The standard InChI is InChI=1S/C32H23ClN2O3S2/c1-37-26-9-5-4-8-24(26)30-25-16-10-19-6-2-3-7-23(19)29(25)34-32-35(30)31(36)27(40-32)18-21-13-17-28(38-21)39-22-14-11-20(33)12-15-22/h2-9,11-15,17-18,30H,10,16H2,1H3/b27-18+. The summed E-state index contributed by atoms with van der Waals surface area (Å²) in [6.07, 6.45) is 3.54. The molecule has 3 aromatic carbocycles. The van der Waals surface area contributed by atoms with Gasteiger partial charge in [0.2, 0.25) is 0 Å². The largest absolute Gasteiger partial charge is 0.496 e. The smallest absolute Gasteiger partial charge is 0.271 e. The van der Waals surface area contributed by atoms with Gasteiger partial charge in [0.1, 0.15) is 11.5 Å². The summed E-state index contributed by atoms with van der Waals surface area (Å²) in [7, 11) is 1.67. The Labute approximate surface area is 243 Å². The van der Waals surface area contributed by atoms with Crippen LogP contribution in [-0.2, 0) is 6.42 Å². The van der Waals surface area contributed by atoms with Crippen LogP contribution >= 0.6 is 34.7 Å². The Morgan fingerprint density at radius 3 is 2.67 bits per heavy atom. The first-order valence-corrected chi connectivity index (χ1v) is 14.9. The number of methoxy groups -OCH3 is 1. The molecule has 1 atom stereocenters. The Morgan fingerprint density at radius 2 is 1.82 bits per heavy atom. The van der Waals surface area contributed by atoms with Crippen molar-refractivity contribution in [2.45, 2.75) is 28.9 Å². The maximum atomic E-state index is 14.0. The van der Waals surface area contributed by atoms with Gasteiger partial charge in [0, 0.05) is 27.1 Å². The first kappa shape index (κ1) is 25.2. The molecule has 3 heterocycles. The number of thiazole rings is 1. The molecule has 40 heavy (non-hydrogen) atoms. The Kier molecular flexibility index (Phi) is 6.50. The normalized spacial score (nSPS) is 16.2. The average Bonchev–Trinajstić information content (AvgIpc) is 3.56. The SMILES string of the molecule is COc1ccccc1C1C2=C(N=c3s/c(=C/c4ccc(Sc5ccc(Cl)cc5)o4)c(=O)n31)c1ccccc1CC2. The third-order valence-electron chi connectivity index (χ3n) is 7.21. The maximum Gasteiger partial charge on any atom is 0.271 e. The number of hydrogen-bond donors (Lipinski definition) is 0. The van der Waals surface area contributed by atoms with E-state index in [0.29, 0.717) is 20.1 Å². The van der Waals surface area contributed by atoms with Gasteiger partial charge in [-0.3, -0.25) is 9.36 Å². The van der Waals surface area contributed by atoms with Crippen LogP contribution < -0.4 is 19.6 Å². The molecule has 0 amide bonds. The number of halogens is 1. The highest BCUT2D eigenvalue weighted by Gasteiger charge is 2.34. The monoisotopic (exact) mass is 582 g/mol. The molecule has 0 saturated carbocycles. The fourth-order valence-corrected chi connectivity index (χ4v) is 7.29. The van der Waals surface area contributed by atoms with Crippen LogP contribution in [0.25, 0.3) is 11.8 Å². The number of furan rings is 1. The van der Waals surface area contributed by atoms with Gasteiger partial charge in [0.15, 0.2) is 9.89 Å². The first-order valence-electron chi connectivity index (χ1n) is 12.9. The van der Waals surface area contributed by atoms with E-state index in [-0.39, 0.29) is 11.6 Å². The van der Waals surface area contributed by atoms with Crippen molar-refractivity contribution >= 4 is 46.5 Å². The molecule has 0 N–H and O–H groups in total. The highest BCUT2D eigenvalue weighted by Crippen LogP contribution is 2.43. The number of allylic oxidation sites excluding steroid dienone is 1. The zero-order chi connectivity index (χ0) is 27.2. The molecule has 7 rings (SSSR count). The minimum absolute atomic E-state index is 0.0895. The van der Waals surface area contributed by atoms with Gasteiger partial charge < -0.3 is 9.15 Å². The molecule has 1 aliphatic heterocycles. The van der Waals surface area contributed by atoms with Gasteiger partial charge in [-0.05, 0) is 66.4 Å². The highest BCUT2D eigenvalue weighted by molar-refractivity contribution is 7.99. The van der Waals surface area contributed by atoms with Crippen LogP contribution in [0.5, 0.6) is 5.75 Å². The third kappa shape index (κ3) is 4.44.